The van der Waals surface area contributed by atoms with Crippen molar-refractivity contribution in [3.63, 3.8) is 0 Å². The lowest BCUT2D eigenvalue weighted by atomic mass is 9.99. The van der Waals surface area contributed by atoms with E-state index in [0.717, 1.165) is 12.8 Å². The molecule has 4 N–H and O–H groups in total. The van der Waals surface area contributed by atoms with Crippen molar-refractivity contribution in [3.05, 3.63) is 11.3 Å². The van der Waals surface area contributed by atoms with Gasteiger partial charge < -0.3 is 11.5 Å². The second-order valence-corrected chi connectivity index (χ2v) is 3.21. The average Bonchev–Trinajstić information content (AvgIpc) is 1.85. The Morgan fingerprint density at radius 2 is 1.83 bits per heavy atom. The maximum Gasteiger partial charge on any atom is 0.246 e. The monoisotopic (exact) mass is 170 g/mol. The Morgan fingerprint density at radius 3 is 2.08 bits per heavy atom. The van der Waals surface area contributed by atoms with Crippen molar-refractivity contribution in [3.8, 4) is 0 Å². The maximum atomic E-state index is 10.9. The Kier molecular flexibility index (Phi) is 4.40. The molecule has 0 heterocycles. The molecular weight excluding hydrogens is 152 g/mol. The minimum atomic E-state index is -0.393. The highest BCUT2D eigenvalue weighted by Crippen LogP contribution is 2.14. The van der Waals surface area contributed by atoms with Gasteiger partial charge in [0.2, 0.25) is 5.91 Å². The van der Waals surface area contributed by atoms with Gasteiger partial charge in [0.25, 0.3) is 0 Å². The van der Waals surface area contributed by atoms with Crippen LogP contribution in [-0.4, -0.2) is 5.91 Å². The Hall–Kier alpha value is -0.990. The molecule has 0 saturated heterocycles. The second-order valence-electron chi connectivity index (χ2n) is 3.21. The molecule has 0 aliphatic carbocycles. The predicted octanol–water partition coefficient (Wildman–Crippen LogP) is 1.14. The van der Waals surface area contributed by atoms with Crippen LogP contribution in [0.3, 0.4) is 0 Å². The molecule has 0 bridgehead atoms. The van der Waals surface area contributed by atoms with Crippen molar-refractivity contribution in [1.82, 2.24) is 0 Å². The summed E-state index contributed by atoms with van der Waals surface area (Å²) in [5.41, 5.74) is 12.1. The van der Waals surface area contributed by atoms with Crippen molar-refractivity contribution in [2.75, 3.05) is 0 Å². The number of hydrogen-bond donors (Lipinski definition) is 2. The van der Waals surface area contributed by atoms with E-state index in [0.29, 0.717) is 11.3 Å². The van der Waals surface area contributed by atoms with Crippen LogP contribution in [0.4, 0.5) is 0 Å². The Morgan fingerprint density at radius 1 is 1.33 bits per heavy atom. The van der Waals surface area contributed by atoms with E-state index in [4.69, 9.17) is 11.5 Å². The summed E-state index contributed by atoms with van der Waals surface area (Å²) in [6.45, 7) is 5.86. The molecule has 0 unspecified atom stereocenters. The summed E-state index contributed by atoms with van der Waals surface area (Å²) >= 11 is 0. The zero-order valence-corrected chi connectivity index (χ0v) is 8.05. The van der Waals surface area contributed by atoms with Gasteiger partial charge in [-0.2, -0.15) is 0 Å². The van der Waals surface area contributed by atoms with Crippen molar-refractivity contribution >= 4 is 5.91 Å². The molecular formula is C9H18N2O. The highest BCUT2D eigenvalue weighted by atomic mass is 16.1. The molecule has 1 amide bonds. The molecule has 3 heteroatoms. The molecule has 0 fully saturated rings. The van der Waals surface area contributed by atoms with Gasteiger partial charge in [0.05, 0.1) is 0 Å². The molecule has 0 atom stereocenters. The summed E-state index contributed by atoms with van der Waals surface area (Å²) in [7, 11) is 0. The summed E-state index contributed by atoms with van der Waals surface area (Å²) in [6.07, 6.45) is 1.69. The van der Waals surface area contributed by atoms with Gasteiger partial charge in [-0.3, -0.25) is 4.79 Å². The topological polar surface area (TPSA) is 69.1 Å². The quantitative estimate of drug-likeness (QED) is 0.621. The number of rotatable bonds is 4. The van der Waals surface area contributed by atoms with Gasteiger partial charge in [-0.15, -0.1) is 0 Å². The van der Waals surface area contributed by atoms with E-state index in [-0.39, 0.29) is 5.92 Å². The number of carbonyl (C=O) groups excluding carboxylic acids is 1. The predicted molar refractivity (Wildman–Crippen MR) is 50.2 cm³/mol. The first-order valence-electron chi connectivity index (χ1n) is 4.29. The van der Waals surface area contributed by atoms with E-state index >= 15 is 0 Å². The van der Waals surface area contributed by atoms with Crippen LogP contribution in [0.1, 0.15) is 33.6 Å². The molecule has 0 saturated carbocycles. The minimum absolute atomic E-state index is 0.119. The lowest BCUT2D eigenvalue weighted by molar-refractivity contribution is -0.115. The third kappa shape index (κ3) is 2.95. The molecule has 0 aliphatic heterocycles. The highest BCUT2D eigenvalue weighted by Gasteiger charge is 2.13. The average molecular weight is 170 g/mol. The molecule has 0 spiro atoms. The SMILES string of the molecule is CCC/C(N)=C(/C(N)=O)C(C)C. The van der Waals surface area contributed by atoms with Crippen LogP contribution >= 0.6 is 0 Å². The Labute approximate surface area is 73.8 Å². The summed E-state index contributed by atoms with van der Waals surface area (Å²) in [4.78, 5) is 10.9. The first-order chi connectivity index (χ1) is 5.50. The van der Waals surface area contributed by atoms with E-state index in [1.807, 2.05) is 20.8 Å². The third-order valence-electron chi connectivity index (χ3n) is 1.71. The van der Waals surface area contributed by atoms with Crippen molar-refractivity contribution in [1.29, 1.82) is 0 Å². The smallest absolute Gasteiger partial charge is 0.246 e. The van der Waals surface area contributed by atoms with Gasteiger partial charge in [0.15, 0.2) is 0 Å². The van der Waals surface area contributed by atoms with Crippen LogP contribution in [0.15, 0.2) is 11.3 Å². The highest BCUT2D eigenvalue weighted by molar-refractivity contribution is 5.93. The van der Waals surface area contributed by atoms with E-state index in [1.165, 1.54) is 0 Å². The van der Waals surface area contributed by atoms with E-state index < -0.39 is 5.91 Å². The first-order valence-corrected chi connectivity index (χ1v) is 4.29. The summed E-state index contributed by atoms with van der Waals surface area (Å²) in [6, 6.07) is 0. The normalized spacial score (nSPS) is 13.0. The Balaban J connectivity index is 4.68. The number of nitrogens with two attached hydrogens (primary N) is 2. The summed E-state index contributed by atoms with van der Waals surface area (Å²) < 4.78 is 0. The first kappa shape index (κ1) is 11.0. The van der Waals surface area contributed by atoms with Crippen molar-refractivity contribution in [2.24, 2.45) is 17.4 Å². The standard InChI is InChI=1S/C9H18N2O/c1-4-5-7(10)8(6(2)3)9(11)12/h6H,4-5,10H2,1-3H3,(H2,11,12)/b8-7-. The summed E-state index contributed by atoms with van der Waals surface area (Å²) in [5, 5.41) is 0. The van der Waals surface area contributed by atoms with Gasteiger partial charge >= 0.3 is 0 Å². The van der Waals surface area contributed by atoms with Crippen LogP contribution in [0.2, 0.25) is 0 Å². The van der Waals surface area contributed by atoms with Crippen LogP contribution in [0, 0.1) is 5.92 Å². The molecule has 0 rings (SSSR count). The van der Waals surface area contributed by atoms with Gasteiger partial charge in [0.1, 0.15) is 0 Å². The van der Waals surface area contributed by atoms with Crippen LogP contribution in [-0.2, 0) is 4.79 Å². The zero-order valence-electron chi connectivity index (χ0n) is 8.05. The number of allylic oxidation sites excluding steroid dienone is 1. The number of amides is 1. The fourth-order valence-corrected chi connectivity index (χ4v) is 1.22. The third-order valence-corrected chi connectivity index (χ3v) is 1.71. The lowest BCUT2D eigenvalue weighted by Crippen LogP contribution is -2.22. The lowest BCUT2D eigenvalue weighted by Gasteiger charge is -2.11. The van der Waals surface area contributed by atoms with E-state index in [9.17, 15) is 4.79 Å². The fraction of sp³-hybridized carbons (Fsp3) is 0.667. The Bertz CT molecular complexity index is 195. The molecule has 0 aliphatic rings. The molecule has 3 nitrogen and oxygen atoms in total. The molecule has 70 valence electrons. The largest absolute Gasteiger partial charge is 0.402 e. The molecule has 0 aromatic carbocycles. The molecule has 0 radical (unpaired) electrons. The molecule has 0 aromatic heterocycles. The second kappa shape index (κ2) is 4.80. The van der Waals surface area contributed by atoms with Gasteiger partial charge in [-0.05, 0) is 12.3 Å². The minimum Gasteiger partial charge on any atom is -0.402 e. The number of hydrogen-bond acceptors (Lipinski definition) is 2. The van der Waals surface area contributed by atoms with E-state index in [1.54, 1.807) is 0 Å². The van der Waals surface area contributed by atoms with Crippen LogP contribution < -0.4 is 11.5 Å². The zero-order chi connectivity index (χ0) is 9.72. The van der Waals surface area contributed by atoms with Gasteiger partial charge in [0, 0.05) is 11.3 Å². The van der Waals surface area contributed by atoms with Gasteiger partial charge in [-0.1, -0.05) is 27.2 Å². The number of carbonyl (C=O) groups is 1. The van der Waals surface area contributed by atoms with E-state index in [2.05, 4.69) is 0 Å². The number of primary amides is 1. The van der Waals surface area contributed by atoms with Crippen molar-refractivity contribution in [2.45, 2.75) is 33.6 Å². The van der Waals surface area contributed by atoms with Crippen LogP contribution in [0.25, 0.3) is 0 Å². The van der Waals surface area contributed by atoms with Crippen molar-refractivity contribution < 1.29 is 4.79 Å². The van der Waals surface area contributed by atoms with Crippen LogP contribution in [0.5, 0.6) is 0 Å². The maximum absolute atomic E-state index is 10.9. The summed E-state index contributed by atoms with van der Waals surface area (Å²) in [5.74, 6) is -0.273. The van der Waals surface area contributed by atoms with Gasteiger partial charge in [-0.25, -0.2) is 0 Å². The fourth-order valence-electron chi connectivity index (χ4n) is 1.22. The molecule has 0 aromatic rings. The molecule has 12 heavy (non-hydrogen) atoms.